The fourth-order valence-corrected chi connectivity index (χ4v) is 3.98. The van der Waals surface area contributed by atoms with Crippen LogP contribution in [0.15, 0.2) is 54.6 Å². The highest BCUT2D eigenvalue weighted by Gasteiger charge is 2.23. The third-order valence-electron chi connectivity index (χ3n) is 5.56. The Morgan fingerprint density at radius 3 is 2.52 bits per heavy atom. The van der Waals surface area contributed by atoms with E-state index in [1.807, 2.05) is 71.0 Å². The van der Waals surface area contributed by atoms with Gasteiger partial charge in [0, 0.05) is 13.1 Å². The molecule has 0 radical (unpaired) electrons. The molecule has 2 amide bonds. The zero-order valence-electron chi connectivity index (χ0n) is 17.8. The Kier molecular flexibility index (Phi) is 6.50. The molecule has 1 unspecified atom stereocenters. The van der Waals surface area contributed by atoms with Crippen LogP contribution in [0.4, 0.5) is 0 Å². The molecular weight excluding hydrogens is 392 g/mol. The summed E-state index contributed by atoms with van der Waals surface area (Å²) < 4.78 is 7.46. The van der Waals surface area contributed by atoms with Crippen molar-refractivity contribution in [1.29, 1.82) is 0 Å². The maximum Gasteiger partial charge on any atom is 0.258 e. The third-order valence-corrected chi connectivity index (χ3v) is 5.56. The molecule has 1 aromatic heterocycles. The third kappa shape index (κ3) is 5.05. The Labute approximate surface area is 182 Å². The van der Waals surface area contributed by atoms with Crippen molar-refractivity contribution in [2.24, 2.45) is 0 Å². The Morgan fingerprint density at radius 1 is 1.03 bits per heavy atom. The summed E-state index contributed by atoms with van der Waals surface area (Å²) in [7, 11) is 0. The minimum absolute atomic E-state index is 0.0821. The maximum atomic E-state index is 12.9. The molecule has 0 bridgehead atoms. The molecule has 4 rings (SSSR count). The van der Waals surface area contributed by atoms with Crippen molar-refractivity contribution in [2.75, 3.05) is 19.7 Å². The number of amides is 2. The number of fused-ring (bicyclic) bond motifs is 1. The molecule has 1 aliphatic rings. The number of hydrogen-bond donors (Lipinski definition) is 1. The second-order valence-corrected chi connectivity index (χ2v) is 7.88. The van der Waals surface area contributed by atoms with Gasteiger partial charge in [0.15, 0.2) is 6.61 Å². The number of rotatable bonds is 7. The van der Waals surface area contributed by atoms with Crippen LogP contribution >= 0.6 is 0 Å². The zero-order chi connectivity index (χ0) is 21.6. The van der Waals surface area contributed by atoms with Crippen LogP contribution in [0.25, 0.3) is 11.0 Å². The van der Waals surface area contributed by atoms with Gasteiger partial charge in [-0.25, -0.2) is 4.98 Å². The van der Waals surface area contributed by atoms with Crippen molar-refractivity contribution in [3.63, 3.8) is 0 Å². The van der Waals surface area contributed by atoms with Crippen LogP contribution < -0.4 is 10.1 Å². The standard InChI is InChI=1S/C24H28N4O3/c1-18(25-22(29)17-31-19-10-4-2-5-11-19)24-26-20-12-6-7-13-21(20)28(24)16-23(30)27-14-8-3-9-15-27/h2,4-7,10-13,18H,3,8-9,14-17H2,1H3,(H,25,29). The highest BCUT2D eigenvalue weighted by Crippen LogP contribution is 2.22. The molecule has 1 aliphatic heterocycles. The SMILES string of the molecule is CC(NC(=O)COc1ccccc1)c1nc2ccccc2n1CC(=O)N1CCCCC1. The van der Waals surface area contributed by atoms with Crippen LogP contribution in [0, 0.1) is 0 Å². The van der Waals surface area contributed by atoms with Gasteiger partial charge in [0.25, 0.3) is 5.91 Å². The van der Waals surface area contributed by atoms with E-state index in [1.54, 1.807) is 0 Å². The molecule has 7 heteroatoms. The predicted octanol–water partition coefficient (Wildman–Crippen LogP) is 3.31. The molecular formula is C24H28N4O3. The van der Waals surface area contributed by atoms with Crippen molar-refractivity contribution >= 4 is 22.8 Å². The summed E-state index contributed by atoms with van der Waals surface area (Å²) in [6, 6.07) is 16.6. The lowest BCUT2D eigenvalue weighted by atomic mass is 10.1. The molecule has 31 heavy (non-hydrogen) atoms. The van der Waals surface area contributed by atoms with Crippen LogP contribution in [-0.4, -0.2) is 46.0 Å². The Bertz CT molecular complexity index is 1040. The van der Waals surface area contributed by atoms with Crippen LogP contribution in [0.3, 0.4) is 0 Å². The van der Waals surface area contributed by atoms with E-state index in [-0.39, 0.29) is 31.0 Å². The first-order chi connectivity index (χ1) is 15.1. The predicted molar refractivity (Wildman–Crippen MR) is 119 cm³/mol. The van der Waals surface area contributed by atoms with Crippen LogP contribution in [0.5, 0.6) is 5.75 Å². The number of nitrogens with zero attached hydrogens (tertiary/aromatic N) is 3. The van der Waals surface area contributed by atoms with Gasteiger partial charge >= 0.3 is 0 Å². The van der Waals surface area contributed by atoms with Crippen LogP contribution in [0.1, 0.15) is 38.1 Å². The van der Waals surface area contributed by atoms with Gasteiger partial charge < -0.3 is 19.5 Å². The van der Waals surface area contributed by atoms with Crippen LogP contribution in [0.2, 0.25) is 0 Å². The van der Waals surface area contributed by atoms with Crippen LogP contribution in [-0.2, 0) is 16.1 Å². The van der Waals surface area contributed by atoms with Gasteiger partial charge in [0.05, 0.1) is 17.1 Å². The molecule has 162 valence electrons. The molecule has 3 aromatic rings. The summed E-state index contributed by atoms with van der Waals surface area (Å²) >= 11 is 0. The first-order valence-electron chi connectivity index (χ1n) is 10.8. The number of aromatic nitrogens is 2. The summed E-state index contributed by atoms with van der Waals surface area (Å²) in [6.45, 7) is 3.63. The first-order valence-corrected chi connectivity index (χ1v) is 10.8. The highest BCUT2D eigenvalue weighted by atomic mass is 16.5. The van der Waals surface area contributed by atoms with Crippen molar-refractivity contribution in [1.82, 2.24) is 19.8 Å². The fourth-order valence-electron chi connectivity index (χ4n) is 3.98. The van der Waals surface area contributed by atoms with Gasteiger partial charge in [-0.15, -0.1) is 0 Å². The molecule has 7 nitrogen and oxygen atoms in total. The molecule has 1 fully saturated rings. The number of ether oxygens (including phenoxy) is 1. The average molecular weight is 421 g/mol. The van der Waals surface area contributed by atoms with Gasteiger partial charge in [-0.05, 0) is 50.5 Å². The van der Waals surface area contributed by atoms with Crippen molar-refractivity contribution < 1.29 is 14.3 Å². The Balaban J connectivity index is 1.48. The Morgan fingerprint density at radius 2 is 1.74 bits per heavy atom. The molecule has 1 atom stereocenters. The van der Waals surface area contributed by atoms with E-state index in [4.69, 9.17) is 9.72 Å². The number of nitrogens with one attached hydrogen (secondary N) is 1. The number of carbonyl (C=O) groups is 2. The lowest BCUT2D eigenvalue weighted by Crippen LogP contribution is -2.38. The summed E-state index contributed by atoms with van der Waals surface area (Å²) in [5.74, 6) is 1.16. The normalized spacial score (nSPS) is 14.9. The zero-order valence-corrected chi connectivity index (χ0v) is 17.8. The van der Waals surface area contributed by atoms with Gasteiger partial charge in [-0.2, -0.15) is 0 Å². The van der Waals surface area contributed by atoms with E-state index < -0.39 is 0 Å². The Hall–Kier alpha value is -3.35. The smallest absolute Gasteiger partial charge is 0.258 e. The van der Waals surface area contributed by atoms with E-state index in [0.29, 0.717) is 11.6 Å². The monoisotopic (exact) mass is 420 g/mol. The minimum atomic E-state index is -0.367. The summed E-state index contributed by atoms with van der Waals surface area (Å²) in [5, 5.41) is 2.95. The second-order valence-electron chi connectivity index (χ2n) is 7.88. The van der Waals surface area contributed by atoms with E-state index in [2.05, 4.69) is 5.32 Å². The lowest BCUT2D eigenvalue weighted by Gasteiger charge is -2.27. The van der Waals surface area contributed by atoms with Gasteiger partial charge in [0.1, 0.15) is 18.1 Å². The largest absolute Gasteiger partial charge is 0.484 e. The number of likely N-dealkylation sites (tertiary alicyclic amines) is 1. The summed E-state index contributed by atoms with van der Waals surface area (Å²) in [6.07, 6.45) is 3.28. The number of imidazole rings is 1. The molecule has 1 N–H and O–H groups in total. The van der Waals surface area contributed by atoms with Gasteiger partial charge in [-0.1, -0.05) is 30.3 Å². The summed E-state index contributed by atoms with van der Waals surface area (Å²) in [4.78, 5) is 32.0. The van der Waals surface area contributed by atoms with E-state index in [1.165, 1.54) is 6.42 Å². The molecule has 0 spiro atoms. The average Bonchev–Trinajstić information content (AvgIpc) is 3.17. The number of benzene rings is 2. The van der Waals surface area contributed by atoms with E-state index >= 15 is 0 Å². The van der Waals surface area contributed by atoms with E-state index in [0.717, 1.165) is 37.0 Å². The summed E-state index contributed by atoms with van der Waals surface area (Å²) in [5.41, 5.74) is 1.70. The highest BCUT2D eigenvalue weighted by molar-refractivity contribution is 5.82. The van der Waals surface area contributed by atoms with Crippen molar-refractivity contribution in [3.05, 3.63) is 60.4 Å². The topological polar surface area (TPSA) is 76.5 Å². The quantitative estimate of drug-likeness (QED) is 0.636. The minimum Gasteiger partial charge on any atom is -0.484 e. The molecule has 2 heterocycles. The maximum absolute atomic E-state index is 12.9. The fraction of sp³-hybridized carbons (Fsp3) is 0.375. The molecule has 2 aromatic carbocycles. The van der Waals surface area contributed by atoms with Gasteiger partial charge in [-0.3, -0.25) is 9.59 Å². The number of carbonyl (C=O) groups excluding carboxylic acids is 2. The number of piperidine rings is 1. The van der Waals surface area contributed by atoms with Gasteiger partial charge in [0.2, 0.25) is 5.91 Å². The molecule has 0 saturated carbocycles. The lowest BCUT2D eigenvalue weighted by molar-refractivity contribution is -0.132. The van der Waals surface area contributed by atoms with Crippen molar-refractivity contribution in [2.45, 2.75) is 38.8 Å². The molecule has 1 saturated heterocycles. The molecule has 0 aliphatic carbocycles. The van der Waals surface area contributed by atoms with E-state index in [9.17, 15) is 9.59 Å². The first kappa shape index (κ1) is 20.9. The second kappa shape index (κ2) is 9.64. The van der Waals surface area contributed by atoms with Crippen molar-refractivity contribution in [3.8, 4) is 5.75 Å². The number of hydrogen-bond acceptors (Lipinski definition) is 4. The number of para-hydroxylation sites is 3.